The summed E-state index contributed by atoms with van der Waals surface area (Å²) in [5, 5.41) is 12.6. The summed E-state index contributed by atoms with van der Waals surface area (Å²) in [6.45, 7) is 4.06. The molecule has 2 heterocycles. The fourth-order valence-electron chi connectivity index (χ4n) is 2.38. The Balaban J connectivity index is 1.71. The van der Waals surface area contributed by atoms with Crippen molar-refractivity contribution in [2.75, 3.05) is 5.32 Å². The van der Waals surface area contributed by atoms with Gasteiger partial charge >= 0.3 is 0 Å². The molecule has 0 aliphatic carbocycles. The van der Waals surface area contributed by atoms with Crippen LogP contribution in [0.15, 0.2) is 36.7 Å². The van der Waals surface area contributed by atoms with Gasteiger partial charge in [-0.1, -0.05) is 40.9 Å². The highest BCUT2D eigenvalue weighted by Gasteiger charge is 2.18. The second-order valence-corrected chi connectivity index (χ2v) is 7.10. The molecule has 26 heavy (non-hydrogen) atoms. The van der Waals surface area contributed by atoms with E-state index in [-0.39, 0.29) is 5.91 Å². The monoisotopic (exact) mass is 411 g/mol. The highest BCUT2D eigenvalue weighted by atomic mass is 35.5. The number of carbonyl (C=O) groups is 1. The third-order valence-corrected chi connectivity index (χ3v) is 4.82. The van der Waals surface area contributed by atoms with Crippen LogP contribution < -0.4 is 5.32 Å². The molecular weight excluding hydrogens is 397 g/mol. The van der Waals surface area contributed by atoms with Gasteiger partial charge in [0.25, 0.3) is 0 Å². The molecule has 1 unspecified atom stereocenters. The van der Waals surface area contributed by atoms with E-state index in [0.717, 1.165) is 11.3 Å². The predicted octanol–water partition coefficient (Wildman–Crippen LogP) is 4.60. The van der Waals surface area contributed by atoms with Crippen LogP contribution >= 0.6 is 34.8 Å². The van der Waals surface area contributed by atoms with E-state index in [1.54, 1.807) is 40.8 Å². The van der Waals surface area contributed by atoms with Crippen molar-refractivity contribution in [3.05, 3.63) is 63.0 Å². The van der Waals surface area contributed by atoms with Gasteiger partial charge in [0, 0.05) is 12.4 Å². The van der Waals surface area contributed by atoms with Crippen molar-refractivity contribution in [2.24, 2.45) is 0 Å². The van der Waals surface area contributed by atoms with E-state index in [0.29, 0.717) is 27.4 Å². The van der Waals surface area contributed by atoms with Gasteiger partial charge in [-0.25, -0.2) is 0 Å². The molecule has 6 nitrogen and oxygen atoms in total. The van der Waals surface area contributed by atoms with Crippen LogP contribution in [0.5, 0.6) is 0 Å². The third-order valence-electron chi connectivity index (χ3n) is 3.81. The zero-order chi connectivity index (χ0) is 18.8. The lowest BCUT2D eigenvalue weighted by atomic mass is 10.2. The van der Waals surface area contributed by atoms with Crippen molar-refractivity contribution in [3.8, 4) is 0 Å². The van der Waals surface area contributed by atoms with E-state index in [1.165, 1.54) is 0 Å². The number of halogens is 3. The number of carbonyl (C=O) groups excluding carboxylic acids is 1. The lowest BCUT2D eigenvalue weighted by Gasteiger charge is -2.11. The summed E-state index contributed by atoms with van der Waals surface area (Å²) in [5.41, 5.74) is 1.76. The van der Waals surface area contributed by atoms with Crippen LogP contribution in [0.25, 0.3) is 0 Å². The molecule has 0 fully saturated rings. The average molecular weight is 413 g/mol. The normalized spacial score (nSPS) is 12.2. The Morgan fingerprint density at radius 2 is 1.92 bits per heavy atom. The van der Waals surface area contributed by atoms with E-state index in [4.69, 9.17) is 34.8 Å². The zero-order valence-electron chi connectivity index (χ0n) is 14.1. The number of hydrogen-bond donors (Lipinski definition) is 1. The molecule has 136 valence electrons. The summed E-state index contributed by atoms with van der Waals surface area (Å²) in [4.78, 5) is 12.4. The lowest BCUT2D eigenvalue weighted by molar-refractivity contribution is -0.119. The highest BCUT2D eigenvalue weighted by molar-refractivity contribution is 6.42. The van der Waals surface area contributed by atoms with Gasteiger partial charge in [0.15, 0.2) is 5.82 Å². The van der Waals surface area contributed by atoms with Crippen molar-refractivity contribution in [1.29, 1.82) is 0 Å². The van der Waals surface area contributed by atoms with Crippen LogP contribution in [0.3, 0.4) is 0 Å². The number of aryl methyl sites for hydroxylation is 1. The van der Waals surface area contributed by atoms with Crippen LogP contribution in [-0.4, -0.2) is 25.5 Å². The van der Waals surface area contributed by atoms with Crippen LogP contribution in [-0.2, 0) is 11.3 Å². The maximum absolute atomic E-state index is 12.4. The van der Waals surface area contributed by atoms with Gasteiger partial charge < -0.3 is 5.32 Å². The Bertz CT molecular complexity index is 950. The van der Waals surface area contributed by atoms with E-state index in [9.17, 15) is 4.79 Å². The SMILES string of the molecule is Cc1ccn(C(C)C(=O)Nc2nn(Cc3ccc(Cl)c(Cl)c3)cc2Cl)n1. The first-order chi connectivity index (χ1) is 12.3. The van der Waals surface area contributed by atoms with Crippen molar-refractivity contribution < 1.29 is 4.79 Å². The van der Waals surface area contributed by atoms with Gasteiger partial charge in [0.1, 0.15) is 11.1 Å². The van der Waals surface area contributed by atoms with Gasteiger partial charge in [0.2, 0.25) is 5.91 Å². The number of nitrogens with one attached hydrogen (secondary N) is 1. The minimum absolute atomic E-state index is 0.255. The van der Waals surface area contributed by atoms with E-state index >= 15 is 0 Å². The molecule has 0 saturated heterocycles. The smallest absolute Gasteiger partial charge is 0.250 e. The quantitative estimate of drug-likeness (QED) is 0.666. The van der Waals surface area contributed by atoms with Crippen LogP contribution in [0.1, 0.15) is 24.2 Å². The summed E-state index contributed by atoms with van der Waals surface area (Å²) in [7, 11) is 0. The third kappa shape index (κ3) is 4.20. The molecule has 1 atom stereocenters. The lowest BCUT2D eigenvalue weighted by Crippen LogP contribution is -2.24. The number of nitrogens with zero attached hydrogens (tertiary/aromatic N) is 4. The van der Waals surface area contributed by atoms with E-state index in [1.807, 2.05) is 19.1 Å². The maximum Gasteiger partial charge on any atom is 0.250 e. The molecule has 1 N–H and O–H groups in total. The summed E-state index contributed by atoms with van der Waals surface area (Å²) in [6.07, 6.45) is 3.40. The fraction of sp³-hybridized carbons (Fsp3) is 0.235. The Morgan fingerprint density at radius 1 is 1.15 bits per heavy atom. The van der Waals surface area contributed by atoms with Gasteiger partial charge in [-0.05, 0) is 37.6 Å². The van der Waals surface area contributed by atoms with E-state index in [2.05, 4.69) is 15.5 Å². The molecule has 3 aromatic rings. The minimum Gasteiger partial charge on any atom is -0.306 e. The molecule has 9 heteroatoms. The molecular formula is C17H16Cl3N5O. The Kier molecular flexibility index (Phi) is 5.55. The molecule has 0 aliphatic heterocycles. The number of hydrogen-bond acceptors (Lipinski definition) is 3. The molecule has 0 saturated carbocycles. The van der Waals surface area contributed by atoms with Gasteiger partial charge in [-0.2, -0.15) is 10.2 Å². The number of aromatic nitrogens is 4. The molecule has 1 amide bonds. The Labute approximate surface area is 165 Å². The van der Waals surface area contributed by atoms with Crippen molar-refractivity contribution >= 4 is 46.5 Å². The molecule has 3 rings (SSSR count). The molecule has 0 aliphatic rings. The topological polar surface area (TPSA) is 64.7 Å². The zero-order valence-corrected chi connectivity index (χ0v) is 16.3. The summed E-state index contributed by atoms with van der Waals surface area (Å²) in [6, 6.07) is 6.69. The second-order valence-electron chi connectivity index (χ2n) is 5.87. The van der Waals surface area contributed by atoms with Gasteiger partial charge in [-0.15, -0.1) is 0 Å². The number of benzene rings is 1. The minimum atomic E-state index is -0.486. The van der Waals surface area contributed by atoms with E-state index < -0.39 is 6.04 Å². The van der Waals surface area contributed by atoms with Crippen LogP contribution in [0.4, 0.5) is 5.82 Å². The van der Waals surface area contributed by atoms with Crippen molar-refractivity contribution in [2.45, 2.75) is 26.4 Å². The Morgan fingerprint density at radius 3 is 2.58 bits per heavy atom. The first-order valence-electron chi connectivity index (χ1n) is 7.83. The molecule has 0 radical (unpaired) electrons. The fourth-order valence-corrected chi connectivity index (χ4v) is 2.90. The number of rotatable bonds is 5. The van der Waals surface area contributed by atoms with Gasteiger partial charge in [-0.3, -0.25) is 14.2 Å². The molecule has 0 spiro atoms. The van der Waals surface area contributed by atoms with Crippen LogP contribution in [0, 0.1) is 6.92 Å². The molecule has 0 bridgehead atoms. The number of anilines is 1. The average Bonchev–Trinajstić information content (AvgIpc) is 3.16. The number of amides is 1. The maximum atomic E-state index is 12.4. The summed E-state index contributed by atoms with van der Waals surface area (Å²) in [5.74, 6) is 0.0437. The molecule has 1 aromatic carbocycles. The van der Waals surface area contributed by atoms with Gasteiger partial charge in [0.05, 0.1) is 22.3 Å². The predicted molar refractivity (Wildman–Crippen MR) is 103 cm³/mol. The van der Waals surface area contributed by atoms with Crippen molar-refractivity contribution in [1.82, 2.24) is 19.6 Å². The molecule has 2 aromatic heterocycles. The van der Waals surface area contributed by atoms with Crippen molar-refractivity contribution in [3.63, 3.8) is 0 Å². The van der Waals surface area contributed by atoms with Crippen LogP contribution in [0.2, 0.25) is 15.1 Å². The summed E-state index contributed by atoms with van der Waals surface area (Å²) >= 11 is 18.1. The standard InChI is InChI=1S/C17H16Cl3N5O/c1-10-5-6-25(22-10)11(2)17(26)21-16-15(20)9-24(23-16)8-12-3-4-13(18)14(19)7-12/h3-7,9,11H,8H2,1-2H3,(H,21,23,26). The largest absolute Gasteiger partial charge is 0.306 e. The highest BCUT2D eigenvalue weighted by Crippen LogP contribution is 2.25. The summed E-state index contributed by atoms with van der Waals surface area (Å²) < 4.78 is 3.21. The Hall–Kier alpha value is -2.02. The first kappa shape index (κ1) is 18.8. The second kappa shape index (κ2) is 7.70. The first-order valence-corrected chi connectivity index (χ1v) is 8.96.